The third-order valence-corrected chi connectivity index (χ3v) is 5.07. The van der Waals surface area contributed by atoms with Gasteiger partial charge in [-0.2, -0.15) is 0 Å². The van der Waals surface area contributed by atoms with Crippen LogP contribution in [0.4, 0.5) is 5.69 Å². The Morgan fingerprint density at radius 2 is 1.93 bits per heavy atom. The molecule has 1 atom stereocenters. The fraction of sp³-hybridized carbons (Fsp3) is 0.348. The van der Waals surface area contributed by atoms with Gasteiger partial charge in [-0.25, -0.2) is 4.99 Å². The molecule has 1 unspecified atom stereocenters. The Morgan fingerprint density at radius 3 is 2.72 bits per heavy atom. The number of guanidine groups is 1. The Morgan fingerprint density at radius 1 is 1.10 bits per heavy atom. The number of nitrogens with zero attached hydrogens (tertiary/aromatic N) is 2. The summed E-state index contributed by atoms with van der Waals surface area (Å²) in [4.78, 5) is 7.12. The highest BCUT2D eigenvalue weighted by atomic mass is 127. The second kappa shape index (κ2) is 10.5. The van der Waals surface area contributed by atoms with Crippen molar-refractivity contribution in [1.29, 1.82) is 0 Å². The van der Waals surface area contributed by atoms with Crippen LogP contribution in [0.2, 0.25) is 0 Å². The van der Waals surface area contributed by atoms with Gasteiger partial charge in [0.05, 0.1) is 13.1 Å². The van der Waals surface area contributed by atoms with Gasteiger partial charge in [-0.1, -0.05) is 42.5 Å². The molecule has 0 radical (unpaired) electrons. The van der Waals surface area contributed by atoms with E-state index in [4.69, 9.17) is 9.73 Å². The predicted molar refractivity (Wildman–Crippen MR) is 131 cm³/mol. The molecule has 0 aromatic heterocycles. The number of para-hydroxylation sites is 1. The molecule has 2 aromatic carbocycles. The summed E-state index contributed by atoms with van der Waals surface area (Å²) in [6, 6.07) is 16.9. The van der Waals surface area contributed by atoms with E-state index in [-0.39, 0.29) is 30.1 Å². The van der Waals surface area contributed by atoms with Crippen LogP contribution in [0.3, 0.4) is 0 Å². The molecule has 0 fully saturated rings. The van der Waals surface area contributed by atoms with Crippen molar-refractivity contribution in [3.05, 3.63) is 71.8 Å². The van der Waals surface area contributed by atoms with Gasteiger partial charge in [0.25, 0.3) is 0 Å². The number of rotatable bonds is 6. The molecule has 4 rings (SSSR count). The molecule has 2 aliphatic rings. The lowest BCUT2D eigenvalue weighted by Crippen LogP contribution is -2.42. The summed E-state index contributed by atoms with van der Waals surface area (Å²) in [7, 11) is 0. The van der Waals surface area contributed by atoms with Crippen LogP contribution >= 0.6 is 24.0 Å². The molecule has 0 aliphatic carbocycles. The number of aliphatic imine (C=N–C) groups is 1. The minimum atomic E-state index is 0. The van der Waals surface area contributed by atoms with Crippen LogP contribution in [-0.2, 0) is 13.0 Å². The van der Waals surface area contributed by atoms with E-state index < -0.39 is 0 Å². The van der Waals surface area contributed by atoms with E-state index in [1.807, 2.05) is 12.1 Å². The summed E-state index contributed by atoms with van der Waals surface area (Å²) in [6.45, 7) is 6.27. The van der Waals surface area contributed by atoms with Gasteiger partial charge in [-0.3, -0.25) is 0 Å². The molecule has 5 nitrogen and oxygen atoms in total. The average Bonchev–Trinajstić information content (AvgIpc) is 3.40. The third kappa shape index (κ3) is 5.65. The first kappa shape index (κ1) is 21.5. The lowest BCUT2D eigenvalue weighted by atomic mass is 10.1. The molecule has 6 heteroatoms. The largest absolute Gasteiger partial charge is 0.488 e. The summed E-state index contributed by atoms with van der Waals surface area (Å²) >= 11 is 0. The van der Waals surface area contributed by atoms with Crippen LogP contribution in [0.1, 0.15) is 18.1 Å². The molecule has 2 heterocycles. The van der Waals surface area contributed by atoms with Gasteiger partial charge in [0, 0.05) is 31.7 Å². The highest BCUT2D eigenvalue weighted by molar-refractivity contribution is 14.0. The van der Waals surface area contributed by atoms with Crippen molar-refractivity contribution >= 4 is 35.6 Å². The van der Waals surface area contributed by atoms with Crippen LogP contribution in [0.15, 0.2) is 65.7 Å². The number of halogens is 1. The second-order valence-electron chi connectivity index (χ2n) is 7.17. The quantitative estimate of drug-likeness (QED) is 0.273. The standard InChI is InChI=1S/C23H28N4O.HI/c1-2-24-23(26-17-21-15-19-9-3-4-11-22(19)28-21)25-16-18-8-7-10-20(14-18)27-12-5-6-13-27;/h3-11,14,21H,2,12-13,15-17H2,1H3,(H2,24,25,26);1H. The van der Waals surface area contributed by atoms with Gasteiger partial charge in [0.1, 0.15) is 11.9 Å². The van der Waals surface area contributed by atoms with E-state index in [0.717, 1.165) is 44.3 Å². The Bertz CT molecular complexity index is 834. The van der Waals surface area contributed by atoms with Crippen LogP contribution in [0.5, 0.6) is 5.75 Å². The summed E-state index contributed by atoms with van der Waals surface area (Å²) in [5.74, 6) is 1.83. The molecule has 29 heavy (non-hydrogen) atoms. The van der Waals surface area contributed by atoms with Gasteiger partial charge >= 0.3 is 0 Å². The van der Waals surface area contributed by atoms with Gasteiger partial charge < -0.3 is 20.3 Å². The number of fused-ring (bicyclic) bond motifs is 1. The van der Waals surface area contributed by atoms with Gasteiger partial charge in [-0.05, 0) is 36.2 Å². The first-order valence-electron chi connectivity index (χ1n) is 10.1. The van der Waals surface area contributed by atoms with Crippen molar-refractivity contribution in [1.82, 2.24) is 10.6 Å². The summed E-state index contributed by atoms with van der Waals surface area (Å²) in [5, 5.41) is 6.76. The zero-order valence-electron chi connectivity index (χ0n) is 16.8. The predicted octanol–water partition coefficient (Wildman–Crippen LogP) is 3.74. The van der Waals surface area contributed by atoms with Gasteiger partial charge in [0.15, 0.2) is 5.96 Å². The Kier molecular flexibility index (Phi) is 7.80. The molecule has 2 N–H and O–H groups in total. The van der Waals surface area contributed by atoms with Crippen molar-refractivity contribution in [2.24, 2.45) is 4.99 Å². The molecule has 0 saturated carbocycles. The van der Waals surface area contributed by atoms with E-state index in [2.05, 4.69) is 71.0 Å². The third-order valence-electron chi connectivity index (χ3n) is 5.07. The number of anilines is 1. The van der Waals surface area contributed by atoms with Gasteiger partial charge in [0.2, 0.25) is 0 Å². The van der Waals surface area contributed by atoms with Crippen LogP contribution < -0.4 is 20.3 Å². The lowest BCUT2D eigenvalue weighted by Gasteiger charge is -2.18. The van der Waals surface area contributed by atoms with Crippen molar-refractivity contribution < 1.29 is 4.74 Å². The summed E-state index contributed by atoms with van der Waals surface area (Å²) in [5.41, 5.74) is 3.75. The molecular weight excluding hydrogens is 475 g/mol. The maximum atomic E-state index is 6.01. The van der Waals surface area contributed by atoms with E-state index in [9.17, 15) is 0 Å². The monoisotopic (exact) mass is 504 g/mol. The molecular formula is C23H29IN4O. The lowest BCUT2D eigenvalue weighted by molar-refractivity contribution is 0.235. The SMILES string of the molecule is CCNC(=NCc1cccc(N2CC=CC2)c1)NCC1Cc2ccccc2O1.I. The molecule has 2 aromatic rings. The maximum absolute atomic E-state index is 6.01. The number of hydrogen-bond donors (Lipinski definition) is 2. The second-order valence-corrected chi connectivity index (χ2v) is 7.17. The smallest absolute Gasteiger partial charge is 0.191 e. The number of hydrogen-bond acceptors (Lipinski definition) is 3. The van der Waals surface area contributed by atoms with Crippen LogP contribution in [0, 0.1) is 0 Å². The normalized spacial score (nSPS) is 17.5. The first-order valence-corrected chi connectivity index (χ1v) is 10.1. The highest BCUT2D eigenvalue weighted by Gasteiger charge is 2.22. The van der Waals surface area contributed by atoms with Crippen LogP contribution in [-0.4, -0.2) is 38.2 Å². The zero-order chi connectivity index (χ0) is 19.2. The van der Waals surface area contributed by atoms with E-state index in [1.54, 1.807) is 0 Å². The van der Waals surface area contributed by atoms with Crippen molar-refractivity contribution in [2.45, 2.75) is 26.0 Å². The fourth-order valence-corrected chi connectivity index (χ4v) is 3.63. The number of benzene rings is 2. The minimum Gasteiger partial charge on any atom is -0.488 e. The van der Waals surface area contributed by atoms with Crippen molar-refractivity contribution in [3.63, 3.8) is 0 Å². The first-order chi connectivity index (χ1) is 13.8. The van der Waals surface area contributed by atoms with Gasteiger partial charge in [-0.15, -0.1) is 24.0 Å². The highest BCUT2D eigenvalue weighted by Crippen LogP contribution is 2.27. The van der Waals surface area contributed by atoms with Crippen LogP contribution in [0.25, 0.3) is 0 Å². The zero-order valence-corrected chi connectivity index (χ0v) is 19.1. The Balaban J connectivity index is 0.00000240. The topological polar surface area (TPSA) is 48.9 Å². The molecule has 0 saturated heterocycles. The summed E-state index contributed by atoms with van der Waals surface area (Å²) in [6.07, 6.45) is 5.50. The molecule has 2 aliphatic heterocycles. The molecule has 154 valence electrons. The number of ether oxygens (including phenoxy) is 1. The van der Waals surface area contributed by atoms with Crippen molar-refractivity contribution in [2.75, 3.05) is 31.1 Å². The van der Waals surface area contributed by atoms with E-state index in [1.165, 1.54) is 16.8 Å². The Labute approximate surface area is 190 Å². The molecule has 0 spiro atoms. The van der Waals surface area contributed by atoms with E-state index >= 15 is 0 Å². The number of nitrogens with one attached hydrogen (secondary N) is 2. The molecule has 0 bridgehead atoms. The fourth-order valence-electron chi connectivity index (χ4n) is 3.63. The van der Waals surface area contributed by atoms with E-state index in [0.29, 0.717) is 6.54 Å². The minimum absolute atomic E-state index is 0. The average molecular weight is 504 g/mol. The Hall–Kier alpha value is -2.22. The summed E-state index contributed by atoms with van der Waals surface area (Å²) < 4.78 is 6.01. The maximum Gasteiger partial charge on any atom is 0.191 e. The van der Waals surface area contributed by atoms with Crippen molar-refractivity contribution in [3.8, 4) is 5.75 Å². The molecule has 0 amide bonds.